The lowest BCUT2D eigenvalue weighted by atomic mass is 10.2. The molecule has 1 rings (SSSR count). The van der Waals surface area contributed by atoms with Gasteiger partial charge in [-0.3, -0.25) is 4.84 Å². The van der Waals surface area contributed by atoms with Crippen LogP contribution in [0.2, 0.25) is 0 Å². The highest BCUT2D eigenvalue weighted by molar-refractivity contribution is 5.13. The second kappa shape index (κ2) is 5.70. The third-order valence-electron chi connectivity index (χ3n) is 1.66. The van der Waals surface area contributed by atoms with E-state index in [9.17, 15) is 0 Å². The SMILES string of the molecule is CC(CO)ONCc1ccccc1. The van der Waals surface area contributed by atoms with Gasteiger partial charge in [0.05, 0.1) is 12.7 Å². The summed E-state index contributed by atoms with van der Waals surface area (Å²) in [7, 11) is 0. The average Bonchev–Trinajstić information content (AvgIpc) is 2.19. The fourth-order valence-electron chi connectivity index (χ4n) is 0.900. The van der Waals surface area contributed by atoms with Crippen LogP contribution in [0.25, 0.3) is 0 Å². The molecule has 0 spiro atoms. The first-order valence-electron chi connectivity index (χ1n) is 4.36. The molecule has 0 saturated heterocycles. The van der Waals surface area contributed by atoms with Crippen molar-refractivity contribution < 1.29 is 9.94 Å². The Bertz CT molecular complexity index is 226. The van der Waals surface area contributed by atoms with Gasteiger partial charge in [0.1, 0.15) is 0 Å². The molecule has 0 heterocycles. The number of aliphatic hydroxyl groups is 1. The molecular formula is C10H15NO2. The van der Waals surface area contributed by atoms with Crippen molar-refractivity contribution in [1.82, 2.24) is 5.48 Å². The van der Waals surface area contributed by atoms with Gasteiger partial charge in [0.2, 0.25) is 0 Å². The van der Waals surface area contributed by atoms with E-state index >= 15 is 0 Å². The quantitative estimate of drug-likeness (QED) is 0.668. The van der Waals surface area contributed by atoms with Gasteiger partial charge in [-0.2, -0.15) is 5.48 Å². The summed E-state index contributed by atoms with van der Waals surface area (Å²) in [5.74, 6) is 0. The molecule has 0 bridgehead atoms. The Morgan fingerprint density at radius 1 is 1.38 bits per heavy atom. The zero-order chi connectivity index (χ0) is 9.52. The van der Waals surface area contributed by atoms with E-state index < -0.39 is 0 Å². The molecule has 3 nitrogen and oxygen atoms in total. The van der Waals surface area contributed by atoms with E-state index in [1.54, 1.807) is 6.92 Å². The Labute approximate surface area is 78.3 Å². The van der Waals surface area contributed by atoms with Crippen molar-refractivity contribution >= 4 is 0 Å². The monoisotopic (exact) mass is 181 g/mol. The van der Waals surface area contributed by atoms with E-state index in [0.717, 1.165) is 5.56 Å². The van der Waals surface area contributed by atoms with Crippen LogP contribution in [0.1, 0.15) is 12.5 Å². The van der Waals surface area contributed by atoms with Crippen molar-refractivity contribution in [2.75, 3.05) is 6.61 Å². The van der Waals surface area contributed by atoms with Gasteiger partial charge in [-0.25, -0.2) is 0 Å². The van der Waals surface area contributed by atoms with Gasteiger partial charge in [-0.05, 0) is 12.5 Å². The Morgan fingerprint density at radius 2 is 2.08 bits per heavy atom. The van der Waals surface area contributed by atoms with Gasteiger partial charge < -0.3 is 5.11 Å². The van der Waals surface area contributed by atoms with E-state index in [2.05, 4.69) is 5.48 Å². The maximum absolute atomic E-state index is 8.67. The molecule has 1 atom stereocenters. The predicted octanol–water partition coefficient (Wildman–Crippen LogP) is 1.09. The molecule has 0 saturated carbocycles. The minimum absolute atomic E-state index is 0.0296. The molecule has 0 aliphatic carbocycles. The lowest BCUT2D eigenvalue weighted by Crippen LogP contribution is -2.23. The van der Waals surface area contributed by atoms with Crippen molar-refractivity contribution in [2.45, 2.75) is 19.6 Å². The predicted molar refractivity (Wildman–Crippen MR) is 50.9 cm³/mol. The Morgan fingerprint density at radius 3 is 2.69 bits per heavy atom. The van der Waals surface area contributed by atoms with E-state index in [0.29, 0.717) is 6.54 Å². The van der Waals surface area contributed by atoms with E-state index in [1.807, 2.05) is 30.3 Å². The Balaban J connectivity index is 2.20. The van der Waals surface area contributed by atoms with Crippen molar-refractivity contribution in [3.63, 3.8) is 0 Å². The first-order valence-corrected chi connectivity index (χ1v) is 4.36. The number of nitrogens with one attached hydrogen (secondary N) is 1. The summed E-state index contributed by atoms with van der Waals surface area (Å²) in [6.45, 7) is 2.49. The summed E-state index contributed by atoms with van der Waals surface area (Å²) in [6.07, 6.45) is -0.163. The van der Waals surface area contributed by atoms with Crippen LogP contribution in [-0.2, 0) is 11.4 Å². The lowest BCUT2D eigenvalue weighted by Gasteiger charge is -2.10. The summed E-state index contributed by atoms with van der Waals surface area (Å²) < 4.78 is 0. The molecule has 0 fully saturated rings. The second-order valence-corrected chi connectivity index (χ2v) is 2.92. The molecule has 1 aromatic rings. The van der Waals surface area contributed by atoms with Crippen molar-refractivity contribution in [3.05, 3.63) is 35.9 Å². The Hall–Kier alpha value is -0.900. The van der Waals surface area contributed by atoms with Crippen LogP contribution in [0, 0.1) is 0 Å². The summed E-state index contributed by atoms with van der Waals surface area (Å²) in [6, 6.07) is 9.96. The van der Waals surface area contributed by atoms with Crippen LogP contribution >= 0.6 is 0 Å². The van der Waals surface area contributed by atoms with Gasteiger partial charge in [0, 0.05) is 6.54 Å². The first-order chi connectivity index (χ1) is 6.33. The zero-order valence-corrected chi connectivity index (χ0v) is 7.73. The standard InChI is InChI=1S/C10H15NO2/c1-9(8-12)13-11-7-10-5-3-2-4-6-10/h2-6,9,11-12H,7-8H2,1H3. The van der Waals surface area contributed by atoms with Crippen molar-refractivity contribution in [3.8, 4) is 0 Å². The van der Waals surface area contributed by atoms with Crippen molar-refractivity contribution in [2.24, 2.45) is 0 Å². The van der Waals surface area contributed by atoms with Gasteiger partial charge in [0.15, 0.2) is 0 Å². The molecule has 1 aromatic carbocycles. The van der Waals surface area contributed by atoms with Crippen LogP contribution in [0.5, 0.6) is 0 Å². The molecule has 0 aromatic heterocycles. The molecule has 0 amide bonds. The van der Waals surface area contributed by atoms with Crippen LogP contribution in [0.15, 0.2) is 30.3 Å². The molecular weight excluding hydrogens is 166 g/mol. The van der Waals surface area contributed by atoms with Crippen LogP contribution in [0.3, 0.4) is 0 Å². The lowest BCUT2D eigenvalue weighted by molar-refractivity contribution is -0.0438. The Kier molecular flexibility index (Phi) is 4.46. The fraction of sp³-hybridized carbons (Fsp3) is 0.400. The summed E-state index contributed by atoms with van der Waals surface area (Å²) >= 11 is 0. The number of benzene rings is 1. The van der Waals surface area contributed by atoms with Gasteiger partial charge >= 0.3 is 0 Å². The minimum atomic E-state index is -0.163. The summed E-state index contributed by atoms with van der Waals surface area (Å²) in [5.41, 5.74) is 3.95. The minimum Gasteiger partial charge on any atom is -0.394 e. The summed E-state index contributed by atoms with van der Waals surface area (Å²) in [5, 5.41) is 8.67. The molecule has 72 valence electrons. The fourth-order valence-corrected chi connectivity index (χ4v) is 0.900. The third kappa shape index (κ3) is 4.03. The molecule has 0 aliphatic heterocycles. The highest BCUT2D eigenvalue weighted by Gasteiger charge is 1.98. The molecule has 0 aliphatic rings. The van der Waals surface area contributed by atoms with E-state index in [1.165, 1.54) is 0 Å². The number of rotatable bonds is 5. The molecule has 1 unspecified atom stereocenters. The van der Waals surface area contributed by atoms with Crippen molar-refractivity contribution in [1.29, 1.82) is 0 Å². The van der Waals surface area contributed by atoms with E-state index in [-0.39, 0.29) is 12.7 Å². The van der Waals surface area contributed by atoms with Crippen LogP contribution in [0.4, 0.5) is 0 Å². The first kappa shape index (κ1) is 10.2. The van der Waals surface area contributed by atoms with Gasteiger partial charge in [0.25, 0.3) is 0 Å². The van der Waals surface area contributed by atoms with E-state index in [4.69, 9.17) is 9.94 Å². The van der Waals surface area contributed by atoms with Gasteiger partial charge in [-0.15, -0.1) is 0 Å². The maximum Gasteiger partial charge on any atom is 0.0992 e. The number of hydrogen-bond donors (Lipinski definition) is 2. The molecule has 0 radical (unpaired) electrons. The van der Waals surface area contributed by atoms with Crippen LogP contribution < -0.4 is 5.48 Å². The highest BCUT2D eigenvalue weighted by atomic mass is 16.7. The smallest absolute Gasteiger partial charge is 0.0992 e. The molecule has 2 N–H and O–H groups in total. The van der Waals surface area contributed by atoms with Crippen LogP contribution in [-0.4, -0.2) is 17.8 Å². The molecule has 13 heavy (non-hydrogen) atoms. The number of hydroxylamine groups is 1. The summed E-state index contributed by atoms with van der Waals surface area (Å²) in [4.78, 5) is 5.10. The number of aliphatic hydroxyl groups excluding tert-OH is 1. The average molecular weight is 181 g/mol. The zero-order valence-electron chi connectivity index (χ0n) is 7.73. The highest BCUT2D eigenvalue weighted by Crippen LogP contribution is 1.97. The largest absolute Gasteiger partial charge is 0.394 e. The number of hydrogen-bond acceptors (Lipinski definition) is 3. The second-order valence-electron chi connectivity index (χ2n) is 2.92. The van der Waals surface area contributed by atoms with Gasteiger partial charge in [-0.1, -0.05) is 30.3 Å². The molecule has 3 heteroatoms. The normalized spacial score (nSPS) is 12.8. The third-order valence-corrected chi connectivity index (χ3v) is 1.66. The maximum atomic E-state index is 8.67. The topological polar surface area (TPSA) is 41.5 Å².